The van der Waals surface area contributed by atoms with Gasteiger partial charge in [0.2, 0.25) is 0 Å². The number of nitrogens with one attached hydrogen (secondary N) is 1. The highest BCUT2D eigenvalue weighted by molar-refractivity contribution is 6.32. The van der Waals surface area contributed by atoms with E-state index >= 15 is 0 Å². The molecular weight excluding hydrogens is 350 g/mol. The van der Waals surface area contributed by atoms with Gasteiger partial charge in [-0.15, -0.1) is 0 Å². The smallest absolute Gasteiger partial charge is 0.261 e. The zero-order chi connectivity index (χ0) is 18.8. The molecule has 0 spiro atoms. The Labute approximate surface area is 159 Å². The van der Waals surface area contributed by atoms with Crippen molar-refractivity contribution in [2.75, 3.05) is 6.61 Å². The maximum atomic E-state index is 12.7. The number of halogens is 1. The molecule has 4 nitrogen and oxygen atoms in total. The molecule has 2 aromatic rings. The maximum absolute atomic E-state index is 12.7. The minimum atomic E-state index is -0.647. The van der Waals surface area contributed by atoms with E-state index in [1.807, 2.05) is 32.9 Å². The van der Waals surface area contributed by atoms with Crippen LogP contribution >= 0.6 is 11.6 Å². The number of ether oxygens (including phenoxy) is 2. The van der Waals surface area contributed by atoms with Crippen LogP contribution in [0.5, 0.6) is 11.5 Å². The molecule has 3 rings (SSSR count). The van der Waals surface area contributed by atoms with Crippen molar-refractivity contribution in [1.29, 1.82) is 0 Å². The molecule has 0 bridgehead atoms. The van der Waals surface area contributed by atoms with E-state index in [0.29, 0.717) is 17.4 Å². The summed E-state index contributed by atoms with van der Waals surface area (Å²) in [6.45, 7) is 8.35. The summed E-state index contributed by atoms with van der Waals surface area (Å²) in [4.78, 5) is 12.7. The molecule has 1 aliphatic heterocycles. The quantitative estimate of drug-likeness (QED) is 0.846. The molecular formula is C21H24ClNO3. The Morgan fingerprint density at radius 1 is 1.23 bits per heavy atom. The van der Waals surface area contributed by atoms with Crippen molar-refractivity contribution >= 4 is 17.5 Å². The number of amides is 1. The van der Waals surface area contributed by atoms with Gasteiger partial charge in [-0.25, -0.2) is 0 Å². The second kappa shape index (κ2) is 7.58. The monoisotopic (exact) mass is 373 g/mol. The van der Waals surface area contributed by atoms with E-state index in [1.54, 1.807) is 13.0 Å². The molecule has 1 heterocycles. The Balaban J connectivity index is 1.74. The Morgan fingerprint density at radius 2 is 2.00 bits per heavy atom. The summed E-state index contributed by atoms with van der Waals surface area (Å²) in [5, 5.41) is 3.59. The fraction of sp³-hybridized carbons (Fsp3) is 0.381. The molecule has 1 N–H and O–H groups in total. The van der Waals surface area contributed by atoms with Gasteiger partial charge in [0.05, 0.1) is 17.7 Å². The first kappa shape index (κ1) is 18.6. The number of hydrogen-bond donors (Lipinski definition) is 1. The molecule has 2 atom stereocenters. The third-order valence-electron chi connectivity index (χ3n) is 4.55. The summed E-state index contributed by atoms with van der Waals surface area (Å²) in [6, 6.07) is 9.61. The van der Waals surface area contributed by atoms with Crippen LogP contribution in [0.15, 0.2) is 30.3 Å². The van der Waals surface area contributed by atoms with E-state index in [2.05, 4.69) is 17.4 Å². The third-order valence-corrected chi connectivity index (χ3v) is 4.86. The van der Waals surface area contributed by atoms with Crippen LogP contribution in [-0.4, -0.2) is 18.6 Å². The van der Waals surface area contributed by atoms with Crippen molar-refractivity contribution in [3.63, 3.8) is 0 Å². The van der Waals surface area contributed by atoms with Gasteiger partial charge >= 0.3 is 0 Å². The molecule has 5 heteroatoms. The van der Waals surface area contributed by atoms with Gasteiger partial charge in [0.15, 0.2) is 6.10 Å². The largest absolute Gasteiger partial charge is 0.493 e. The van der Waals surface area contributed by atoms with Crippen LogP contribution < -0.4 is 14.8 Å². The lowest BCUT2D eigenvalue weighted by Crippen LogP contribution is -2.40. The van der Waals surface area contributed by atoms with Crippen molar-refractivity contribution in [3.8, 4) is 11.5 Å². The average Bonchev–Trinajstić information content (AvgIpc) is 2.58. The predicted octanol–water partition coefficient (Wildman–Crippen LogP) is 4.67. The molecule has 0 saturated heterocycles. The molecule has 0 fully saturated rings. The van der Waals surface area contributed by atoms with Gasteiger partial charge in [-0.1, -0.05) is 35.4 Å². The van der Waals surface area contributed by atoms with E-state index in [4.69, 9.17) is 21.1 Å². The summed E-state index contributed by atoms with van der Waals surface area (Å²) in [5.41, 5.74) is 4.31. The number of carbonyl (C=O) groups excluding carboxylic acids is 1. The Bertz CT molecular complexity index is 834. The minimum Gasteiger partial charge on any atom is -0.493 e. The number of benzene rings is 2. The second-order valence-corrected chi connectivity index (χ2v) is 7.30. The van der Waals surface area contributed by atoms with Crippen molar-refractivity contribution in [2.24, 2.45) is 0 Å². The lowest BCUT2D eigenvalue weighted by Gasteiger charge is -2.29. The lowest BCUT2D eigenvalue weighted by atomic mass is 9.95. The number of rotatable bonds is 4. The van der Waals surface area contributed by atoms with E-state index in [-0.39, 0.29) is 11.9 Å². The second-order valence-electron chi connectivity index (χ2n) is 6.89. The summed E-state index contributed by atoms with van der Waals surface area (Å²) >= 11 is 6.17. The van der Waals surface area contributed by atoms with Gasteiger partial charge in [-0.05, 0) is 51.0 Å². The molecule has 26 heavy (non-hydrogen) atoms. The van der Waals surface area contributed by atoms with E-state index in [9.17, 15) is 4.79 Å². The van der Waals surface area contributed by atoms with Gasteiger partial charge in [-0.3, -0.25) is 4.79 Å². The molecule has 2 unspecified atom stereocenters. The third kappa shape index (κ3) is 3.96. The lowest BCUT2D eigenvalue weighted by molar-refractivity contribution is -0.128. The number of fused-ring (bicyclic) bond motifs is 1. The molecule has 0 radical (unpaired) electrons. The topological polar surface area (TPSA) is 47.6 Å². The molecule has 138 valence electrons. The SMILES string of the molecule is Cc1ccc(Cl)c(OC(C)C(=O)NC2CCOc3c(C)cc(C)cc32)c1. The minimum absolute atomic E-state index is 0.0797. The Hall–Kier alpha value is -2.20. The normalized spacial score (nSPS) is 17.0. The Kier molecular flexibility index (Phi) is 5.42. The van der Waals surface area contributed by atoms with Crippen LogP contribution in [0, 0.1) is 20.8 Å². The fourth-order valence-corrected chi connectivity index (χ4v) is 3.42. The van der Waals surface area contributed by atoms with Gasteiger partial charge in [0.25, 0.3) is 5.91 Å². The first-order valence-electron chi connectivity index (χ1n) is 8.82. The van der Waals surface area contributed by atoms with Crippen LogP contribution in [0.4, 0.5) is 0 Å². The highest BCUT2D eigenvalue weighted by Gasteiger charge is 2.27. The van der Waals surface area contributed by atoms with Crippen molar-refractivity contribution in [2.45, 2.75) is 46.3 Å². The van der Waals surface area contributed by atoms with Gasteiger partial charge < -0.3 is 14.8 Å². The van der Waals surface area contributed by atoms with Gasteiger partial charge in [-0.2, -0.15) is 0 Å². The summed E-state index contributed by atoms with van der Waals surface area (Å²) in [6.07, 6.45) is 0.0889. The zero-order valence-electron chi connectivity index (χ0n) is 15.6. The van der Waals surface area contributed by atoms with Crippen molar-refractivity contribution < 1.29 is 14.3 Å². The molecule has 0 aromatic heterocycles. The molecule has 1 amide bonds. The van der Waals surface area contributed by atoms with E-state index in [1.165, 1.54) is 0 Å². The highest BCUT2D eigenvalue weighted by Crippen LogP contribution is 2.36. The van der Waals surface area contributed by atoms with Crippen LogP contribution in [-0.2, 0) is 4.79 Å². The first-order chi connectivity index (χ1) is 12.3. The molecule has 2 aromatic carbocycles. The molecule has 0 saturated carbocycles. The van der Waals surface area contributed by atoms with Crippen molar-refractivity contribution in [1.82, 2.24) is 5.32 Å². The van der Waals surface area contributed by atoms with E-state index < -0.39 is 6.10 Å². The number of aryl methyl sites for hydroxylation is 3. The number of carbonyl (C=O) groups is 1. The van der Waals surface area contributed by atoms with Crippen LogP contribution in [0.3, 0.4) is 0 Å². The van der Waals surface area contributed by atoms with E-state index in [0.717, 1.165) is 34.4 Å². The predicted molar refractivity (Wildman–Crippen MR) is 103 cm³/mol. The molecule has 1 aliphatic rings. The summed E-state index contributed by atoms with van der Waals surface area (Å²) in [7, 11) is 0. The maximum Gasteiger partial charge on any atom is 0.261 e. The zero-order valence-corrected chi connectivity index (χ0v) is 16.3. The highest BCUT2D eigenvalue weighted by atomic mass is 35.5. The molecule has 0 aliphatic carbocycles. The van der Waals surface area contributed by atoms with Gasteiger partial charge in [0, 0.05) is 12.0 Å². The summed E-state index contributed by atoms with van der Waals surface area (Å²) in [5.74, 6) is 1.23. The standard InChI is InChI=1S/C21H24ClNO3/c1-12-5-6-17(22)19(11-12)26-15(4)21(24)23-18-7-8-25-20-14(3)9-13(2)10-16(18)20/h5-6,9-11,15,18H,7-8H2,1-4H3,(H,23,24). The fourth-order valence-electron chi connectivity index (χ4n) is 3.26. The Morgan fingerprint density at radius 3 is 2.77 bits per heavy atom. The van der Waals surface area contributed by atoms with Crippen molar-refractivity contribution in [3.05, 3.63) is 57.6 Å². The van der Waals surface area contributed by atoms with Crippen LogP contribution in [0.25, 0.3) is 0 Å². The average molecular weight is 374 g/mol. The van der Waals surface area contributed by atoms with Crippen LogP contribution in [0.2, 0.25) is 5.02 Å². The van der Waals surface area contributed by atoms with Crippen LogP contribution in [0.1, 0.15) is 41.6 Å². The summed E-state index contributed by atoms with van der Waals surface area (Å²) < 4.78 is 11.6. The number of hydrogen-bond acceptors (Lipinski definition) is 3. The van der Waals surface area contributed by atoms with Gasteiger partial charge in [0.1, 0.15) is 11.5 Å². The first-order valence-corrected chi connectivity index (χ1v) is 9.20.